The Hall–Kier alpha value is -3.63. The number of anilines is 1. The maximum Gasteiger partial charge on any atom is 0.415 e. The summed E-state index contributed by atoms with van der Waals surface area (Å²) in [6.45, 7) is 19.3. The quantitative estimate of drug-likeness (QED) is 0.209. The number of carbonyl (C=O) groups is 2. The Morgan fingerprint density at radius 3 is 2.40 bits per heavy atom. The highest BCUT2D eigenvalue weighted by molar-refractivity contribution is 5.94. The molecule has 3 unspecified atom stereocenters. The van der Waals surface area contributed by atoms with Gasteiger partial charge in [-0.05, 0) is 56.5 Å². The summed E-state index contributed by atoms with van der Waals surface area (Å²) in [4.78, 5) is 28.3. The second kappa shape index (κ2) is 20.0. The van der Waals surface area contributed by atoms with Gasteiger partial charge in [0.05, 0.1) is 38.0 Å². The number of hydrogen-bond acceptors (Lipinski definition) is 7. The van der Waals surface area contributed by atoms with Crippen molar-refractivity contribution < 1.29 is 38.0 Å². The molecule has 3 atom stereocenters. The fourth-order valence-electron chi connectivity index (χ4n) is 6.09. The number of allylic oxidation sites excluding steroid dienone is 3. The molecule has 4 rings (SSSR count). The van der Waals surface area contributed by atoms with E-state index in [4.69, 9.17) is 18.9 Å². The van der Waals surface area contributed by atoms with Crippen molar-refractivity contribution in [2.75, 3.05) is 51.4 Å². The van der Waals surface area contributed by atoms with Crippen LogP contribution in [0.25, 0.3) is 0 Å². The Morgan fingerprint density at radius 1 is 1.15 bits per heavy atom. The Kier molecular flexibility index (Phi) is 16.9. The number of carboxylic acids is 1. The molecule has 2 fully saturated rings. The Morgan fingerprint density at radius 2 is 1.83 bits per heavy atom. The first-order valence-corrected chi connectivity index (χ1v) is 17.5. The number of alkyl halides is 1. The minimum atomic E-state index is -1.10. The van der Waals surface area contributed by atoms with Gasteiger partial charge in [-0.25, -0.2) is 14.0 Å². The van der Waals surface area contributed by atoms with E-state index in [0.29, 0.717) is 51.3 Å². The molecule has 1 aromatic carbocycles. The normalized spacial score (nSPS) is 21.3. The van der Waals surface area contributed by atoms with Crippen molar-refractivity contribution in [2.45, 2.75) is 92.5 Å². The topological polar surface area (TPSA) is 97.8 Å². The monoisotopic (exact) mass is 672 g/mol. The number of aromatic carboxylic acids is 1. The van der Waals surface area contributed by atoms with Gasteiger partial charge in [0.1, 0.15) is 28.8 Å². The third-order valence-electron chi connectivity index (χ3n) is 8.46. The highest BCUT2D eigenvalue weighted by Gasteiger charge is 2.47. The van der Waals surface area contributed by atoms with Crippen molar-refractivity contribution >= 4 is 17.7 Å². The minimum Gasteiger partial charge on any atom is -0.497 e. The van der Waals surface area contributed by atoms with Crippen LogP contribution in [0.3, 0.4) is 0 Å². The molecule has 0 aromatic heterocycles. The van der Waals surface area contributed by atoms with Crippen LogP contribution in [-0.4, -0.2) is 86.4 Å². The number of benzene rings is 1. The lowest BCUT2D eigenvalue weighted by atomic mass is 9.84. The van der Waals surface area contributed by atoms with Crippen LogP contribution in [0.15, 0.2) is 65.5 Å². The van der Waals surface area contributed by atoms with Crippen molar-refractivity contribution in [3.05, 3.63) is 71.0 Å². The maximum atomic E-state index is 14.1. The van der Waals surface area contributed by atoms with Gasteiger partial charge in [-0.3, -0.25) is 9.80 Å². The molecule has 0 radical (unpaired) electrons. The van der Waals surface area contributed by atoms with Gasteiger partial charge in [0.25, 0.3) is 0 Å². The van der Waals surface area contributed by atoms with Gasteiger partial charge < -0.3 is 24.1 Å². The molecule has 1 aromatic rings. The predicted molar refractivity (Wildman–Crippen MR) is 190 cm³/mol. The van der Waals surface area contributed by atoms with Crippen LogP contribution >= 0.6 is 0 Å². The number of halogens is 1. The van der Waals surface area contributed by atoms with Crippen molar-refractivity contribution in [1.82, 2.24) is 4.90 Å². The van der Waals surface area contributed by atoms with Gasteiger partial charge in [0.15, 0.2) is 0 Å². The summed E-state index contributed by atoms with van der Waals surface area (Å²) in [5, 5.41) is 9.40. The fourth-order valence-corrected chi connectivity index (χ4v) is 6.09. The van der Waals surface area contributed by atoms with Gasteiger partial charge in [0.2, 0.25) is 0 Å². The van der Waals surface area contributed by atoms with E-state index in [2.05, 4.69) is 17.1 Å². The van der Waals surface area contributed by atoms with E-state index in [1.807, 2.05) is 67.5 Å². The predicted octanol–water partition coefficient (Wildman–Crippen LogP) is 8.37. The molecular formula is C38H57FN2O7. The number of nitrogens with zero attached hydrogens (tertiary/aromatic N) is 2. The van der Waals surface area contributed by atoms with Gasteiger partial charge in [-0.2, -0.15) is 0 Å². The van der Waals surface area contributed by atoms with Crippen molar-refractivity contribution in [3.8, 4) is 5.75 Å². The highest BCUT2D eigenvalue weighted by Crippen LogP contribution is 2.39. The lowest BCUT2D eigenvalue weighted by Gasteiger charge is -2.38. The van der Waals surface area contributed by atoms with E-state index in [0.717, 1.165) is 30.0 Å². The summed E-state index contributed by atoms with van der Waals surface area (Å²) < 4.78 is 37.6. The average Bonchev–Trinajstić information content (AvgIpc) is 3.43. The van der Waals surface area contributed by atoms with E-state index < -0.39 is 23.8 Å². The van der Waals surface area contributed by atoms with E-state index in [1.54, 1.807) is 23.1 Å². The van der Waals surface area contributed by atoms with Crippen molar-refractivity contribution in [1.29, 1.82) is 0 Å². The van der Waals surface area contributed by atoms with E-state index >= 15 is 0 Å². The number of rotatable bonds is 13. The molecule has 3 aliphatic rings. The first-order chi connectivity index (χ1) is 23.2. The second-order valence-corrected chi connectivity index (χ2v) is 11.3. The molecule has 1 spiro atoms. The van der Waals surface area contributed by atoms with Crippen molar-refractivity contribution in [2.24, 2.45) is 5.92 Å². The Balaban J connectivity index is 0.00000193. The number of carboxylic acid groups (broad SMARTS) is 1. The highest BCUT2D eigenvalue weighted by atomic mass is 19.1. The van der Waals surface area contributed by atoms with Gasteiger partial charge >= 0.3 is 12.1 Å². The summed E-state index contributed by atoms with van der Waals surface area (Å²) in [6.07, 6.45) is 9.75. The van der Waals surface area contributed by atoms with Crippen LogP contribution in [0, 0.1) is 5.92 Å². The molecule has 10 heteroatoms. The largest absolute Gasteiger partial charge is 0.497 e. The van der Waals surface area contributed by atoms with E-state index in [1.165, 1.54) is 13.2 Å². The van der Waals surface area contributed by atoms with E-state index in [-0.39, 0.29) is 23.3 Å². The van der Waals surface area contributed by atoms with Crippen molar-refractivity contribution in [3.63, 3.8) is 0 Å². The molecule has 268 valence electrons. The first kappa shape index (κ1) is 40.5. The van der Waals surface area contributed by atoms with Crippen LogP contribution in [-0.2, 0) is 14.2 Å². The fraction of sp³-hybridized carbons (Fsp3) is 0.579. The summed E-state index contributed by atoms with van der Waals surface area (Å²) in [5.74, 6) is -0.259. The van der Waals surface area contributed by atoms with Crippen LogP contribution in [0.1, 0.15) is 85.0 Å². The van der Waals surface area contributed by atoms with Gasteiger partial charge in [-0.1, -0.05) is 58.9 Å². The molecule has 48 heavy (non-hydrogen) atoms. The molecule has 1 aliphatic carbocycles. The summed E-state index contributed by atoms with van der Waals surface area (Å²) in [6, 6.07) is 4.61. The third kappa shape index (κ3) is 10.2. The number of hydrogen-bond donors (Lipinski definition) is 1. The molecule has 0 saturated carbocycles. The van der Waals surface area contributed by atoms with Crippen LogP contribution in [0.5, 0.6) is 5.75 Å². The summed E-state index contributed by atoms with van der Waals surface area (Å²) in [7, 11) is 1.40. The van der Waals surface area contributed by atoms with Gasteiger partial charge in [0, 0.05) is 45.1 Å². The Bertz CT molecular complexity index is 1310. The summed E-state index contributed by atoms with van der Waals surface area (Å²) in [5.41, 5.74) is 2.01. The number of amides is 1. The third-order valence-corrected chi connectivity index (χ3v) is 8.46. The number of likely N-dealkylation sites (tertiary alicyclic amines) is 1. The molecule has 0 bridgehead atoms. The molecule has 2 heterocycles. The molecule has 1 amide bonds. The molecule has 1 N–H and O–H groups in total. The SMILES string of the molecule is C/C=C(\C=C/C(F)CC)C1C(OCC)=CC(CN2CCC3(CC2)CN(c2ccc(C(=O)O)c(OC)c2)C(=O)O3)=CC1OCC.CC.CC. The molecule has 2 saturated heterocycles. The van der Waals surface area contributed by atoms with Crippen LogP contribution in [0.4, 0.5) is 14.9 Å². The van der Waals surface area contributed by atoms with Crippen LogP contribution < -0.4 is 9.64 Å². The smallest absolute Gasteiger partial charge is 0.415 e. The Labute approximate surface area is 287 Å². The molecule has 2 aliphatic heterocycles. The lowest BCUT2D eigenvalue weighted by Crippen LogP contribution is -2.47. The number of piperidine rings is 1. The average molecular weight is 673 g/mol. The zero-order valence-electron chi connectivity index (χ0n) is 30.4. The molecule has 9 nitrogen and oxygen atoms in total. The number of carbonyl (C=O) groups excluding carboxylic acids is 1. The summed E-state index contributed by atoms with van der Waals surface area (Å²) >= 11 is 0. The zero-order chi connectivity index (χ0) is 35.9. The lowest BCUT2D eigenvalue weighted by molar-refractivity contribution is 0.00271. The standard InChI is InChI=1S/C34H45FN2O7.2C2H6/c1-6-24(10-11-25(35)7-2)31-29(42-8-3)18-23(19-30(31)43-9-4)21-36-16-14-34(15-17-36)22-37(33(40)44-34)26-12-13-27(32(38)39)28(20-26)41-5;2*1-2/h6,10-13,18-20,25,29,31H,7-9,14-17,21-22H2,1-5H3,(H,38,39);2*1-2H3/b11-10-,24-6+;;. The second-order valence-electron chi connectivity index (χ2n) is 11.3. The van der Waals surface area contributed by atoms with Crippen LogP contribution in [0.2, 0.25) is 0 Å². The number of ether oxygens (including phenoxy) is 4. The minimum absolute atomic E-state index is 0.0339. The zero-order valence-corrected chi connectivity index (χ0v) is 30.4. The molecular weight excluding hydrogens is 615 g/mol. The van der Waals surface area contributed by atoms with E-state index in [9.17, 15) is 19.1 Å². The van der Waals surface area contributed by atoms with Gasteiger partial charge in [-0.15, -0.1) is 0 Å². The number of methoxy groups -OCH3 is 1. The first-order valence-electron chi connectivity index (χ1n) is 17.5. The maximum absolute atomic E-state index is 14.1.